The number of hydrogen-bond donors (Lipinski definition) is 1. The van der Waals surface area contributed by atoms with Crippen LogP contribution in [0.25, 0.3) is 0 Å². The molecule has 0 aliphatic heterocycles. The summed E-state index contributed by atoms with van der Waals surface area (Å²) in [7, 11) is 1.73. The molecule has 2 saturated carbocycles. The first kappa shape index (κ1) is 13.8. The summed E-state index contributed by atoms with van der Waals surface area (Å²) in [5.41, 5.74) is 3.28. The molecule has 0 aromatic heterocycles. The molecule has 20 heavy (non-hydrogen) atoms. The molecule has 0 radical (unpaired) electrons. The van der Waals surface area contributed by atoms with E-state index in [1.54, 1.807) is 7.11 Å². The van der Waals surface area contributed by atoms with Crippen molar-refractivity contribution in [3.8, 4) is 5.75 Å². The third-order valence-electron chi connectivity index (χ3n) is 5.98. The van der Waals surface area contributed by atoms with E-state index in [4.69, 9.17) is 4.74 Å². The Hall–Kier alpha value is -1.18. The van der Waals surface area contributed by atoms with Crippen molar-refractivity contribution in [2.24, 2.45) is 16.7 Å². The van der Waals surface area contributed by atoms with Crippen LogP contribution in [-0.4, -0.2) is 13.2 Å². The second kappa shape index (κ2) is 4.41. The maximum absolute atomic E-state index is 5.35. The van der Waals surface area contributed by atoms with Gasteiger partial charge >= 0.3 is 0 Å². The van der Waals surface area contributed by atoms with Crippen LogP contribution in [0, 0.1) is 23.7 Å². The minimum absolute atomic E-state index is 0.390. The maximum Gasteiger partial charge on any atom is 0.121 e. The molecule has 2 bridgehead atoms. The fourth-order valence-corrected chi connectivity index (χ4v) is 4.80. The Morgan fingerprint density at radius 3 is 2.55 bits per heavy atom. The Morgan fingerprint density at radius 1 is 1.25 bits per heavy atom. The molecule has 3 rings (SSSR count). The van der Waals surface area contributed by atoms with Crippen LogP contribution in [-0.2, 0) is 0 Å². The van der Waals surface area contributed by atoms with E-state index < -0.39 is 0 Å². The summed E-state index contributed by atoms with van der Waals surface area (Å²) in [5.74, 6) is 1.85. The molecule has 0 amide bonds. The second-order valence-corrected chi connectivity index (χ2v) is 7.68. The van der Waals surface area contributed by atoms with Gasteiger partial charge in [0.25, 0.3) is 0 Å². The minimum Gasteiger partial charge on any atom is -0.496 e. The summed E-state index contributed by atoms with van der Waals surface area (Å²) < 4.78 is 5.35. The normalized spacial score (nSPS) is 34.2. The van der Waals surface area contributed by atoms with Crippen molar-refractivity contribution in [1.29, 1.82) is 0 Å². The molecule has 2 heteroatoms. The average molecular weight is 273 g/mol. The summed E-state index contributed by atoms with van der Waals surface area (Å²) in [6.07, 6.45) is 4.16. The quantitative estimate of drug-likeness (QED) is 0.867. The highest BCUT2D eigenvalue weighted by molar-refractivity contribution is 5.52. The van der Waals surface area contributed by atoms with Gasteiger partial charge in [0.05, 0.1) is 7.11 Å². The monoisotopic (exact) mass is 273 g/mol. The van der Waals surface area contributed by atoms with Gasteiger partial charge in [-0.25, -0.2) is 0 Å². The average Bonchev–Trinajstić information content (AvgIpc) is 2.86. The van der Waals surface area contributed by atoms with Crippen molar-refractivity contribution < 1.29 is 4.74 Å². The number of nitrogens with one attached hydrogen (secondary N) is 1. The molecule has 1 unspecified atom stereocenters. The van der Waals surface area contributed by atoms with Gasteiger partial charge in [-0.2, -0.15) is 0 Å². The van der Waals surface area contributed by atoms with Gasteiger partial charge in [0, 0.05) is 11.7 Å². The topological polar surface area (TPSA) is 21.3 Å². The number of anilines is 1. The molecule has 1 aromatic carbocycles. The van der Waals surface area contributed by atoms with Gasteiger partial charge in [-0.05, 0) is 66.7 Å². The van der Waals surface area contributed by atoms with Gasteiger partial charge in [-0.1, -0.05) is 20.8 Å². The van der Waals surface area contributed by atoms with Crippen LogP contribution in [0.4, 0.5) is 5.69 Å². The number of methoxy groups -OCH3 is 1. The van der Waals surface area contributed by atoms with E-state index in [0.29, 0.717) is 16.9 Å². The third kappa shape index (κ3) is 1.92. The lowest BCUT2D eigenvalue weighted by molar-refractivity contribution is 0.155. The Morgan fingerprint density at radius 2 is 2.00 bits per heavy atom. The molecular weight excluding hydrogens is 246 g/mol. The van der Waals surface area contributed by atoms with Crippen molar-refractivity contribution in [3.05, 3.63) is 23.8 Å². The second-order valence-electron chi connectivity index (χ2n) is 7.68. The lowest BCUT2D eigenvalue weighted by atomic mass is 9.68. The van der Waals surface area contributed by atoms with Crippen LogP contribution in [0.15, 0.2) is 18.2 Å². The third-order valence-corrected chi connectivity index (χ3v) is 5.98. The summed E-state index contributed by atoms with van der Waals surface area (Å²) in [4.78, 5) is 0. The van der Waals surface area contributed by atoms with E-state index in [1.165, 1.54) is 30.5 Å². The van der Waals surface area contributed by atoms with Gasteiger partial charge in [0.1, 0.15) is 5.75 Å². The van der Waals surface area contributed by atoms with Gasteiger partial charge in [-0.3, -0.25) is 0 Å². The molecule has 1 N–H and O–H groups in total. The summed E-state index contributed by atoms with van der Waals surface area (Å²) in [6, 6.07) is 7.00. The number of hydrogen-bond acceptors (Lipinski definition) is 2. The zero-order valence-corrected chi connectivity index (χ0v) is 13.4. The molecule has 1 aromatic rings. The maximum atomic E-state index is 5.35. The zero-order valence-electron chi connectivity index (χ0n) is 13.4. The zero-order chi connectivity index (χ0) is 14.5. The summed E-state index contributed by atoms with van der Waals surface area (Å²) >= 11 is 0. The van der Waals surface area contributed by atoms with Crippen molar-refractivity contribution in [1.82, 2.24) is 0 Å². The largest absolute Gasteiger partial charge is 0.496 e. The highest BCUT2D eigenvalue weighted by Crippen LogP contribution is 2.63. The van der Waals surface area contributed by atoms with Crippen molar-refractivity contribution >= 4 is 5.69 Å². The first-order chi connectivity index (χ1) is 9.37. The van der Waals surface area contributed by atoms with Gasteiger partial charge in [0.15, 0.2) is 0 Å². The molecular formula is C18H27NO. The Kier molecular flexibility index (Phi) is 3.04. The van der Waals surface area contributed by atoms with Gasteiger partial charge in [0.2, 0.25) is 0 Å². The molecule has 0 spiro atoms. The molecule has 2 fully saturated rings. The van der Waals surface area contributed by atoms with E-state index >= 15 is 0 Å². The summed E-state index contributed by atoms with van der Waals surface area (Å²) in [6.45, 7) is 9.46. The fraction of sp³-hybridized carbons (Fsp3) is 0.667. The van der Waals surface area contributed by atoms with E-state index in [2.05, 4.69) is 51.2 Å². The molecule has 0 heterocycles. The van der Waals surface area contributed by atoms with Gasteiger partial charge < -0.3 is 10.1 Å². The predicted molar refractivity (Wildman–Crippen MR) is 84.4 cm³/mol. The van der Waals surface area contributed by atoms with Gasteiger partial charge in [-0.15, -0.1) is 0 Å². The lowest BCUT2D eigenvalue weighted by Gasteiger charge is -2.43. The number of benzene rings is 1. The fourth-order valence-electron chi connectivity index (χ4n) is 4.80. The van der Waals surface area contributed by atoms with E-state index in [9.17, 15) is 0 Å². The number of aryl methyl sites for hydroxylation is 1. The van der Waals surface area contributed by atoms with Crippen molar-refractivity contribution in [2.45, 2.75) is 53.0 Å². The minimum atomic E-state index is 0.390. The van der Waals surface area contributed by atoms with E-state index in [-0.39, 0.29) is 0 Å². The van der Waals surface area contributed by atoms with Crippen LogP contribution >= 0.6 is 0 Å². The van der Waals surface area contributed by atoms with Crippen LogP contribution < -0.4 is 10.1 Å². The lowest BCUT2D eigenvalue weighted by Crippen LogP contribution is -2.45. The van der Waals surface area contributed by atoms with Crippen LogP contribution in [0.1, 0.15) is 45.6 Å². The molecule has 110 valence electrons. The Balaban J connectivity index is 1.86. The Labute approximate surface area is 122 Å². The number of rotatable bonds is 3. The molecule has 2 nitrogen and oxygen atoms in total. The standard InChI is InChI=1S/C18H27NO/c1-12-10-14(6-7-15(12)20-5)19-16-17(2,3)13-8-9-18(16,4)11-13/h6-7,10,13,16,19H,8-9,11H2,1-5H3/t13-,16?,18+/m0/s1. The smallest absolute Gasteiger partial charge is 0.121 e. The SMILES string of the molecule is COc1ccc(NC2C(C)(C)[C@H]3CC[C@]2(C)C3)cc1C. The Bertz CT molecular complexity index is 517. The first-order valence-electron chi connectivity index (χ1n) is 7.78. The van der Waals surface area contributed by atoms with Crippen molar-refractivity contribution in [3.63, 3.8) is 0 Å². The van der Waals surface area contributed by atoms with E-state index in [1.807, 2.05) is 0 Å². The van der Waals surface area contributed by atoms with Crippen molar-refractivity contribution in [2.75, 3.05) is 12.4 Å². The highest BCUT2D eigenvalue weighted by atomic mass is 16.5. The molecule has 0 saturated heterocycles. The predicted octanol–water partition coefficient (Wildman–Crippen LogP) is 4.63. The highest BCUT2D eigenvalue weighted by Gasteiger charge is 2.59. The van der Waals surface area contributed by atoms with E-state index in [0.717, 1.165) is 11.7 Å². The first-order valence-corrected chi connectivity index (χ1v) is 7.78. The summed E-state index contributed by atoms with van der Waals surface area (Å²) in [5, 5.41) is 3.84. The number of fused-ring (bicyclic) bond motifs is 2. The molecule has 2 aliphatic carbocycles. The van der Waals surface area contributed by atoms with Crippen LogP contribution in [0.5, 0.6) is 5.75 Å². The molecule has 3 atom stereocenters. The van der Waals surface area contributed by atoms with Crippen LogP contribution in [0.3, 0.4) is 0 Å². The molecule has 2 aliphatic rings. The number of ether oxygens (including phenoxy) is 1. The van der Waals surface area contributed by atoms with Crippen LogP contribution in [0.2, 0.25) is 0 Å².